The number of anilines is 2. The van der Waals surface area contributed by atoms with Crippen molar-refractivity contribution >= 4 is 17.4 Å². The van der Waals surface area contributed by atoms with Crippen LogP contribution in [0.1, 0.15) is 21.6 Å². The molecule has 2 N–H and O–H groups in total. The van der Waals surface area contributed by atoms with E-state index in [0.717, 1.165) is 22.6 Å². The van der Waals surface area contributed by atoms with Gasteiger partial charge in [-0.3, -0.25) is 4.79 Å². The average molecular weight is 378 g/mol. The molecule has 7 nitrogen and oxygen atoms in total. The quantitative estimate of drug-likeness (QED) is 0.655. The van der Waals surface area contributed by atoms with Crippen LogP contribution in [0, 0.1) is 6.92 Å². The molecule has 7 heteroatoms. The van der Waals surface area contributed by atoms with Crippen molar-refractivity contribution in [2.24, 2.45) is 0 Å². The van der Waals surface area contributed by atoms with Gasteiger partial charge in [-0.25, -0.2) is 9.97 Å². The monoisotopic (exact) mass is 378 g/mol. The molecule has 28 heavy (non-hydrogen) atoms. The molecule has 0 aliphatic carbocycles. The van der Waals surface area contributed by atoms with Gasteiger partial charge in [0.15, 0.2) is 0 Å². The number of ether oxygens (including phenoxy) is 2. The van der Waals surface area contributed by atoms with Crippen LogP contribution < -0.4 is 20.1 Å². The molecule has 0 fully saturated rings. The van der Waals surface area contributed by atoms with Crippen molar-refractivity contribution in [1.29, 1.82) is 0 Å². The zero-order chi connectivity index (χ0) is 19.9. The molecule has 1 aromatic heterocycles. The highest BCUT2D eigenvalue weighted by Gasteiger charge is 2.10. The number of methoxy groups -OCH3 is 2. The first-order chi connectivity index (χ1) is 13.6. The van der Waals surface area contributed by atoms with E-state index < -0.39 is 0 Å². The number of carbonyl (C=O) groups excluding carboxylic acids is 1. The lowest BCUT2D eigenvalue weighted by atomic mass is 10.2. The van der Waals surface area contributed by atoms with Gasteiger partial charge in [0.05, 0.1) is 19.9 Å². The summed E-state index contributed by atoms with van der Waals surface area (Å²) in [6, 6.07) is 14.9. The molecule has 2 aromatic carbocycles. The molecule has 3 aromatic rings. The maximum absolute atomic E-state index is 12.4. The van der Waals surface area contributed by atoms with Gasteiger partial charge in [-0.05, 0) is 42.3 Å². The fourth-order valence-corrected chi connectivity index (χ4v) is 2.62. The molecule has 0 spiro atoms. The predicted molar refractivity (Wildman–Crippen MR) is 107 cm³/mol. The highest BCUT2D eigenvalue weighted by Crippen LogP contribution is 2.27. The van der Waals surface area contributed by atoms with E-state index in [1.54, 1.807) is 20.3 Å². The lowest BCUT2D eigenvalue weighted by molar-refractivity contribution is 0.0946. The van der Waals surface area contributed by atoms with Gasteiger partial charge in [-0.15, -0.1) is 0 Å². The molecule has 1 heterocycles. The fourth-order valence-electron chi connectivity index (χ4n) is 2.62. The SMILES string of the molecule is COc1ccc(CNC(=O)c2cc(Nc3cc(C)ccc3OC)ncn2)cc1. The van der Waals surface area contributed by atoms with Crippen LogP contribution >= 0.6 is 0 Å². The van der Waals surface area contributed by atoms with E-state index in [1.165, 1.54) is 6.33 Å². The number of rotatable bonds is 7. The molecule has 0 bridgehead atoms. The summed E-state index contributed by atoms with van der Waals surface area (Å²) in [5.74, 6) is 1.69. The Labute approximate surface area is 163 Å². The zero-order valence-electron chi connectivity index (χ0n) is 16.0. The molecule has 0 saturated carbocycles. The molecule has 0 aliphatic rings. The Morgan fingerprint density at radius 1 is 1.00 bits per heavy atom. The van der Waals surface area contributed by atoms with Gasteiger partial charge < -0.3 is 20.1 Å². The minimum Gasteiger partial charge on any atom is -0.497 e. The average Bonchev–Trinajstić information content (AvgIpc) is 2.73. The molecule has 0 atom stereocenters. The normalized spacial score (nSPS) is 10.2. The number of nitrogens with one attached hydrogen (secondary N) is 2. The zero-order valence-corrected chi connectivity index (χ0v) is 16.0. The second-order valence-electron chi connectivity index (χ2n) is 6.15. The van der Waals surface area contributed by atoms with Gasteiger partial charge in [0.25, 0.3) is 5.91 Å². The number of aryl methyl sites for hydroxylation is 1. The highest BCUT2D eigenvalue weighted by molar-refractivity contribution is 5.93. The van der Waals surface area contributed by atoms with Crippen molar-refractivity contribution in [3.63, 3.8) is 0 Å². The van der Waals surface area contributed by atoms with E-state index in [2.05, 4.69) is 20.6 Å². The lowest BCUT2D eigenvalue weighted by Gasteiger charge is -2.12. The van der Waals surface area contributed by atoms with Crippen molar-refractivity contribution in [3.8, 4) is 11.5 Å². The number of amides is 1. The van der Waals surface area contributed by atoms with Crippen LogP contribution in [0.4, 0.5) is 11.5 Å². The summed E-state index contributed by atoms with van der Waals surface area (Å²) >= 11 is 0. The Balaban J connectivity index is 1.68. The van der Waals surface area contributed by atoms with E-state index >= 15 is 0 Å². The van der Waals surface area contributed by atoms with E-state index in [9.17, 15) is 4.79 Å². The molecule has 0 unspecified atom stereocenters. The summed E-state index contributed by atoms with van der Waals surface area (Å²) in [7, 11) is 3.22. The van der Waals surface area contributed by atoms with Gasteiger partial charge in [0, 0.05) is 12.6 Å². The number of hydrogen-bond donors (Lipinski definition) is 2. The van der Waals surface area contributed by atoms with Crippen molar-refractivity contribution in [1.82, 2.24) is 15.3 Å². The minimum absolute atomic E-state index is 0.276. The molecule has 0 saturated heterocycles. The number of carbonyl (C=O) groups is 1. The summed E-state index contributed by atoms with van der Waals surface area (Å²) < 4.78 is 10.5. The van der Waals surface area contributed by atoms with E-state index in [1.807, 2.05) is 49.4 Å². The van der Waals surface area contributed by atoms with Crippen LogP contribution in [0.2, 0.25) is 0 Å². The first kappa shape index (κ1) is 19.2. The third-order valence-corrected chi connectivity index (χ3v) is 4.13. The summed E-state index contributed by atoms with van der Waals surface area (Å²) in [6.07, 6.45) is 1.35. The van der Waals surface area contributed by atoms with E-state index in [-0.39, 0.29) is 11.6 Å². The Morgan fingerprint density at radius 3 is 2.50 bits per heavy atom. The molecular formula is C21H22N4O3. The molecule has 144 valence electrons. The van der Waals surface area contributed by atoms with Gasteiger partial charge in [0.1, 0.15) is 29.3 Å². The first-order valence-electron chi connectivity index (χ1n) is 8.74. The van der Waals surface area contributed by atoms with Crippen LogP contribution in [0.15, 0.2) is 54.9 Å². The molecule has 3 rings (SSSR count). The molecule has 0 aliphatic heterocycles. The van der Waals surface area contributed by atoms with Gasteiger partial charge in [-0.2, -0.15) is 0 Å². The predicted octanol–water partition coefficient (Wildman–Crippen LogP) is 3.48. The van der Waals surface area contributed by atoms with Crippen LogP contribution in [0.3, 0.4) is 0 Å². The van der Waals surface area contributed by atoms with Crippen molar-refractivity contribution in [2.45, 2.75) is 13.5 Å². The summed E-state index contributed by atoms with van der Waals surface area (Å²) in [6.45, 7) is 2.38. The van der Waals surface area contributed by atoms with Crippen molar-refractivity contribution in [3.05, 3.63) is 71.7 Å². The van der Waals surface area contributed by atoms with Gasteiger partial charge in [0.2, 0.25) is 0 Å². The number of benzene rings is 2. The smallest absolute Gasteiger partial charge is 0.270 e. The van der Waals surface area contributed by atoms with Gasteiger partial charge in [-0.1, -0.05) is 18.2 Å². The van der Waals surface area contributed by atoms with E-state index in [0.29, 0.717) is 18.1 Å². The fraction of sp³-hybridized carbons (Fsp3) is 0.190. The largest absolute Gasteiger partial charge is 0.497 e. The standard InChI is InChI=1S/C21H22N4O3/c1-14-4-9-19(28-3)17(10-14)25-20-11-18(23-13-24-20)21(26)22-12-15-5-7-16(27-2)8-6-15/h4-11,13H,12H2,1-3H3,(H,22,26)(H,23,24,25). The van der Waals surface area contributed by atoms with Crippen LogP contribution in [-0.2, 0) is 6.54 Å². The molecular weight excluding hydrogens is 356 g/mol. The number of aromatic nitrogens is 2. The number of hydrogen-bond acceptors (Lipinski definition) is 6. The summed E-state index contributed by atoms with van der Waals surface area (Å²) in [4.78, 5) is 20.7. The maximum Gasteiger partial charge on any atom is 0.270 e. The molecule has 1 amide bonds. The third kappa shape index (κ3) is 4.76. The van der Waals surface area contributed by atoms with Crippen LogP contribution in [-0.4, -0.2) is 30.1 Å². The maximum atomic E-state index is 12.4. The molecule has 0 radical (unpaired) electrons. The van der Waals surface area contributed by atoms with Crippen LogP contribution in [0.25, 0.3) is 0 Å². The lowest BCUT2D eigenvalue weighted by Crippen LogP contribution is -2.24. The van der Waals surface area contributed by atoms with E-state index in [4.69, 9.17) is 9.47 Å². The Bertz CT molecular complexity index is 958. The third-order valence-electron chi connectivity index (χ3n) is 4.13. The van der Waals surface area contributed by atoms with Crippen molar-refractivity contribution < 1.29 is 14.3 Å². The Hall–Kier alpha value is -3.61. The summed E-state index contributed by atoms with van der Waals surface area (Å²) in [5.41, 5.74) is 3.09. The summed E-state index contributed by atoms with van der Waals surface area (Å²) in [5, 5.41) is 6.03. The highest BCUT2D eigenvalue weighted by atomic mass is 16.5. The van der Waals surface area contributed by atoms with Crippen molar-refractivity contribution in [2.75, 3.05) is 19.5 Å². The number of nitrogens with zero attached hydrogens (tertiary/aromatic N) is 2. The van der Waals surface area contributed by atoms with Crippen LogP contribution in [0.5, 0.6) is 11.5 Å². The first-order valence-corrected chi connectivity index (χ1v) is 8.74. The second kappa shape index (κ2) is 8.85. The Morgan fingerprint density at radius 2 is 1.79 bits per heavy atom. The van der Waals surface area contributed by atoms with Gasteiger partial charge >= 0.3 is 0 Å². The second-order valence-corrected chi connectivity index (χ2v) is 6.15. The Kier molecular flexibility index (Phi) is 6.06. The minimum atomic E-state index is -0.280. The topological polar surface area (TPSA) is 85.4 Å².